The van der Waals surface area contributed by atoms with E-state index in [4.69, 9.17) is 0 Å². The molecule has 32 heavy (non-hydrogen) atoms. The molecular weight excluding hydrogens is 403 g/mol. The van der Waals surface area contributed by atoms with E-state index in [1.807, 2.05) is 12.2 Å². The molecule has 0 aliphatic carbocycles. The fourth-order valence-electron chi connectivity index (χ4n) is 3.60. The first-order valence-electron chi connectivity index (χ1n) is 10.9. The number of hydrogen-bond donors (Lipinski definition) is 1. The number of halogens is 1. The number of nitrogens with one attached hydrogen (secondary N) is 1. The van der Waals surface area contributed by atoms with Crippen LogP contribution in [0.5, 0.6) is 0 Å². The molecule has 2 aromatic rings. The fraction of sp³-hybridized carbons (Fsp3) is 0.308. The number of amides is 1. The van der Waals surface area contributed by atoms with Crippen molar-refractivity contribution < 1.29 is 9.18 Å². The van der Waals surface area contributed by atoms with E-state index in [1.54, 1.807) is 18.3 Å². The number of benzene rings is 2. The summed E-state index contributed by atoms with van der Waals surface area (Å²) < 4.78 is 13.2. The van der Waals surface area contributed by atoms with Gasteiger partial charge in [0.25, 0.3) is 0 Å². The topological polar surface area (TPSA) is 47.9 Å². The fourth-order valence-corrected chi connectivity index (χ4v) is 3.60. The van der Waals surface area contributed by atoms with Gasteiger partial charge in [0.1, 0.15) is 5.82 Å². The lowest BCUT2D eigenvalue weighted by molar-refractivity contribution is -0.121. The first kappa shape index (κ1) is 23.4. The number of nitrogens with zero attached hydrogens (tertiary/aromatic N) is 3. The van der Waals surface area contributed by atoms with Crippen molar-refractivity contribution in [2.75, 3.05) is 38.1 Å². The zero-order chi connectivity index (χ0) is 22.8. The van der Waals surface area contributed by atoms with Gasteiger partial charge in [0.05, 0.1) is 0 Å². The van der Waals surface area contributed by atoms with Crippen molar-refractivity contribution in [3.63, 3.8) is 0 Å². The number of anilines is 1. The van der Waals surface area contributed by atoms with Crippen LogP contribution in [-0.4, -0.2) is 50.8 Å². The summed E-state index contributed by atoms with van der Waals surface area (Å²) in [5.41, 5.74) is 3.98. The van der Waals surface area contributed by atoms with Crippen LogP contribution in [0, 0.1) is 5.82 Å². The Labute approximate surface area is 190 Å². The Morgan fingerprint density at radius 3 is 2.59 bits per heavy atom. The number of carbonyl (C=O) groups excluding carboxylic acids is 1. The average molecular weight is 435 g/mol. The molecule has 1 fully saturated rings. The molecule has 2 aromatic carbocycles. The molecule has 1 saturated heterocycles. The van der Waals surface area contributed by atoms with Gasteiger partial charge in [-0.1, -0.05) is 36.4 Å². The maximum absolute atomic E-state index is 13.2. The number of allylic oxidation sites excluding steroid dienone is 3. The van der Waals surface area contributed by atoms with Gasteiger partial charge in [0.15, 0.2) is 0 Å². The molecule has 0 aromatic heterocycles. The largest absolute Gasteiger partial charge is 0.369 e. The van der Waals surface area contributed by atoms with Crippen LogP contribution in [0.2, 0.25) is 0 Å². The van der Waals surface area contributed by atoms with Crippen molar-refractivity contribution in [2.24, 2.45) is 4.99 Å². The summed E-state index contributed by atoms with van der Waals surface area (Å²) in [7, 11) is 2.15. The number of piperazine rings is 1. The Bertz CT molecular complexity index is 960. The van der Waals surface area contributed by atoms with Crippen LogP contribution >= 0.6 is 0 Å². The van der Waals surface area contributed by atoms with Gasteiger partial charge in [0, 0.05) is 51.0 Å². The Morgan fingerprint density at radius 1 is 1.16 bits per heavy atom. The second-order valence-corrected chi connectivity index (χ2v) is 7.95. The molecule has 0 spiro atoms. The van der Waals surface area contributed by atoms with Crippen molar-refractivity contribution in [1.82, 2.24) is 10.2 Å². The zero-order valence-corrected chi connectivity index (χ0v) is 18.6. The standard InChI is InChI=1S/C26H31FN4O/c1-28-20-23(22-10-12-25(13-11-22)31-16-14-30(2)15-17-31)7-3-4-9-26(32)29-19-21-6-5-8-24(27)18-21/h3,5-8,10-13,18,20H,1,4,9,14-17,19H2,2H3,(H,29,32)/b7-3-,23-20+. The molecule has 0 atom stereocenters. The van der Waals surface area contributed by atoms with Crippen LogP contribution in [0.3, 0.4) is 0 Å². The Hall–Kier alpha value is -3.25. The lowest BCUT2D eigenvalue weighted by atomic mass is 10.0. The van der Waals surface area contributed by atoms with Gasteiger partial charge >= 0.3 is 0 Å². The lowest BCUT2D eigenvalue weighted by Crippen LogP contribution is -2.44. The van der Waals surface area contributed by atoms with Gasteiger partial charge in [-0.3, -0.25) is 9.79 Å². The average Bonchev–Trinajstić information content (AvgIpc) is 2.80. The minimum atomic E-state index is -0.300. The van der Waals surface area contributed by atoms with E-state index in [1.165, 1.54) is 17.8 Å². The van der Waals surface area contributed by atoms with Crippen LogP contribution in [0.25, 0.3) is 5.57 Å². The molecule has 3 rings (SSSR count). The number of hydrogen-bond acceptors (Lipinski definition) is 4. The van der Waals surface area contributed by atoms with E-state index in [2.05, 4.69) is 58.1 Å². The Kier molecular flexibility index (Phi) is 8.75. The number of rotatable bonds is 9. The predicted octanol–water partition coefficient (Wildman–Crippen LogP) is 4.27. The molecule has 1 aliphatic rings. The monoisotopic (exact) mass is 434 g/mol. The summed E-state index contributed by atoms with van der Waals surface area (Å²) in [4.78, 5) is 20.7. The van der Waals surface area contributed by atoms with Gasteiger partial charge in [0.2, 0.25) is 5.91 Å². The molecule has 5 nitrogen and oxygen atoms in total. The van der Waals surface area contributed by atoms with E-state index in [0.29, 0.717) is 19.4 Å². The van der Waals surface area contributed by atoms with E-state index in [-0.39, 0.29) is 11.7 Å². The van der Waals surface area contributed by atoms with Crippen molar-refractivity contribution in [3.8, 4) is 0 Å². The van der Waals surface area contributed by atoms with Gasteiger partial charge in [-0.2, -0.15) is 0 Å². The van der Waals surface area contributed by atoms with Gasteiger partial charge < -0.3 is 15.1 Å². The molecule has 6 heteroatoms. The summed E-state index contributed by atoms with van der Waals surface area (Å²) in [6.07, 6.45) is 6.63. The van der Waals surface area contributed by atoms with E-state index in [9.17, 15) is 9.18 Å². The van der Waals surface area contributed by atoms with Crippen molar-refractivity contribution >= 4 is 23.9 Å². The third-order valence-corrected chi connectivity index (χ3v) is 5.51. The summed E-state index contributed by atoms with van der Waals surface area (Å²) >= 11 is 0. The Morgan fingerprint density at radius 2 is 1.91 bits per heavy atom. The van der Waals surface area contributed by atoms with Crippen molar-refractivity contribution in [3.05, 3.63) is 83.8 Å². The second kappa shape index (κ2) is 12.0. The minimum Gasteiger partial charge on any atom is -0.369 e. The van der Waals surface area contributed by atoms with Gasteiger partial charge in [-0.05, 0) is 61.2 Å². The van der Waals surface area contributed by atoms with Crippen LogP contribution in [0.4, 0.5) is 10.1 Å². The first-order chi connectivity index (χ1) is 15.5. The van der Waals surface area contributed by atoms with Crippen LogP contribution < -0.4 is 10.2 Å². The van der Waals surface area contributed by atoms with Crippen LogP contribution in [-0.2, 0) is 11.3 Å². The first-order valence-corrected chi connectivity index (χ1v) is 10.9. The smallest absolute Gasteiger partial charge is 0.220 e. The molecule has 0 bridgehead atoms. The van der Waals surface area contributed by atoms with E-state index >= 15 is 0 Å². The molecular formula is C26H31FN4O. The Balaban J connectivity index is 1.49. The number of carbonyl (C=O) groups is 1. The molecule has 0 unspecified atom stereocenters. The summed E-state index contributed by atoms with van der Waals surface area (Å²) in [5, 5.41) is 2.82. The minimum absolute atomic E-state index is 0.0668. The molecule has 0 saturated carbocycles. The van der Waals surface area contributed by atoms with Crippen molar-refractivity contribution in [2.45, 2.75) is 19.4 Å². The predicted molar refractivity (Wildman–Crippen MR) is 130 cm³/mol. The van der Waals surface area contributed by atoms with Gasteiger partial charge in [-0.25, -0.2) is 4.39 Å². The van der Waals surface area contributed by atoms with E-state index in [0.717, 1.165) is 42.9 Å². The highest BCUT2D eigenvalue weighted by Gasteiger charge is 2.14. The highest BCUT2D eigenvalue weighted by atomic mass is 19.1. The van der Waals surface area contributed by atoms with Crippen LogP contribution in [0.1, 0.15) is 24.0 Å². The highest BCUT2D eigenvalue weighted by Crippen LogP contribution is 2.22. The normalized spacial score (nSPS) is 15.2. The molecule has 168 valence electrons. The molecule has 1 N–H and O–H groups in total. The van der Waals surface area contributed by atoms with Crippen LogP contribution in [0.15, 0.2) is 71.9 Å². The lowest BCUT2D eigenvalue weighted by Gasteiger charge is -2.34. The molecule has 1 aliphatic heterocycles. The zero-order valence-electron chi connectivity index (χ0n) is 18.6. The summed E-state index contributed by atoms with van der Waals surface area (Å²) in [6.45, 7) is 8.12. The SMILES string of the molecule is C=N/C=C(\C=C/CCC(=O)NCc1cccc(F)c1)c1ccc(N2CCN(C)CC2)cc1. The maximum Gasteiger partial charge on any atom is 0.220 e. The quantitative estimate of drug-likeness (QED) is 0.474. The summed E-state index contributed by atoms with van der Waals surface area (Å²) in [6, 6.07) is 14.7. The number of likely N-dealkylation sites (N-methyl/N-ethyl adjacent to an activating group) is 1. The molecule has 1 heterocycles. The van der Waals surface area contributed by atoms with Crippen molar-refractivity contribution in [1.29, 1.82) is 0 Å². The van der Waals surface area contributed by atoms with Gasteiger partial charge in [-0.15, -0.1) is 0 Å². The molecule has 1 amide bonds. The molecule has 0 radical (unpaired) electrons. The number of aliphatic imine (C=N–C) groups is 1. The third-order valence-electron chi connectivity index (χ3n) is 5.51. The highest BCUT2D eigenvalue weighted by molar-refractivity contribution is 5.77. The van der Waals surface area contributed by atoms with E-state index < -0.39 is 0 Å². The third kappa shape index (κ3) is 7.17. The maximum atomic E-state index is 13.2. The summed E-state index contributed by atoms with van der Waals surface area (Å²) in [5.74, 6) is -0.366. The second-order valence-electron chi connectivity index (χ2n) is 7.95.